The zero-order valence-electron chi connectivity index (χ0n) is 10.4. The topological polar surface area (TPSA) is 49.3 Å². The Balaban J connectivity index is 1.99. The molecule has 2 aromatic rings. The highest BCUT2D eigenvalue weighted by Crippen LogP contribution is 2.31. The van der Waals surface area contributed by atoms with Crippen LogP contribution in [0.5, 0.6) is 0 Å². The average Bonchev–Trinajstić information content (AvgIpc) is 2.80. The van der Waals surface area contributed by atoms with Crippen LogP contribution in [0.3, 0.4) is 0 Å². The van der Waals surface area contributed by atoms with Crippen LogP contribution in [0.2, 0.25) is 0 Å². The maximum Gasteiger partial charge on any atom is 0.228 e. The number of carbonyl (C=O) groups is 1. The molecule has 1 unspecified atom stereocenters. The molecule has 1 atom stereocenters. The van der Waals surface area contributed by atoms with Crippen LogP contribution in [-0.2, 0) is 11.2 Å². The highest BCUT2D eigenvalue weighted by molar-refractivity contribution is 5.99. The predicted molar refractivity (Wildman–Crippen MR) is 69.2 cm³/mol. The lowest BCUT2D eigenvalue weighted by Crippen LogP contribution is -2.04. The molecule has 1 heterocycles. The van der Waals surface area contributed by atoms with Crippen LogP contribution in [0.25, 0.3) is 0 Å². The first-order valence-electron chi connectivity index (χ1n) is 6.10. The van der Waals surface area contributed by atoms with E-state index in [1.165, 1.54) is 30.3 Å². The Morgan fingerprint density at radius 3 is 2.50 bits per heavy atom. The molecule has 3 nitrogen and oxygen atoms in total. The van der Waals surface area contributed by atoms with Gasteiger partial charge < -0.3 is 10.4 Å². The van der Waals surface area contributed by atoms with E-state index >= 15 is 0 Å². The lowest BCUT2D eigenvalue weighted by Gasteiger charge is -2.13. The molecule has 0 saturated carbocycles. The van der Waals surface area contributed by atoms with Crippen LogP contribution in [0.15, 0.2) is 36.4 Å². The molecule has 0 fully saturated rings. The Hall–Kier alpha value is -2.27. The van der Waals surface area contributed by atoms with Crippen LogP contribution < -0.4 is 5.32 Å². The maximum atomic E-state index is 13.9. The van der Waals surface area contributed by atoms with Gasteiger partial charge in [0.15, 0.2) is 0 Å². The van der Waals surface area contributed by atoms with E-state index in [4.69, 9.17) is 0 Å². The van der Waals surface area contributed by atoms with Crippen molar-refractivity contribution in [2.24, 2.45) is 0 Å². The summed E-state index contributed by atoms with van der Waals surface area (Å²) in [6, 6.07) is 8.10. The number of anilines is 1. The molecule has 0 aromatic heterocycles. The minimum atomic E-state index is -1.06. The third-order valence-corrected chi connectivity index (χ3v) is 3.31. The summed E-state index contributed by atoms with van der Waals surface area (Å²) in [5.41, 5.74) is 1.49. The first-order valence-corrected chi connectivity index (χ1v) is 6.10. The van der Waals surface area contributed by atoms with E-state index in [0.717, 1.165) is 0 Å². The number of aliphatic hydroxyl groups is 1. The van der Waals surface area contributed by atoms with Crippen LogP contribution in [0.1, 0.15) is 22.8 Å². The predicted octanol–water partition coefficient (Wildman–Crippen LogP) is 2.54. The summed E-state index contributed by atoms with van der Waals surface area (Å²) < 4.78 is 26.7. The van der Waals surface area contributed by atoms with Gasteiger partial charge in [-0.15, -0.1) is 0 Å². The van der Waals surface area contributed by atoms with Gasteiger partial charge in [-0.3, -0.25) is 4.79 Å². The van der Waals surface area contributed by atoms with Crippen molar-refractivity contribution in [1.82, 2.24) is 0 Å². The molecule has 0 aliphatic carbocycles. The second-order valence-corrected chi connectivity index (χ2v) is 4.72. The van der Waals surface area contributed by atoms with Gasteiger partial charge in [0.05, 0.1) is 12.1 Å². The van der Waals surface area contributed by atoms with E-state index in [0.29, 0.717) is 16.7 Å². The van der Waals surface area contributed by atoms with Gasteiger partial charge in [-0.2, -0.15) is 0 Å². The third-order valence-electron chi connectivity index (χ3n) is 3.31. The fraction of sp³-hybridized carbons (Fsp3) is 0.133. The molecule has 0 bridgehead atoms. The van der Waals surface area contributed by atoms with E-state index in [2.05, 4.69) is 5.32 Å². The fourth-order valence-electron chi connectivity index (χ4n) is 2.32. The number of hydrogen-bond donors (Lipinski definition) is 2. The summed E-state index contributed by atoms with van der Waals surface area (Å²) >= 11 is 0. The van der Waals surface area contributed by atoms with Crippen LogP contribution in [0, 0.1) is 11.6 Å². The molecule has 2 N–H and O–H groups in total. The number of rotatable bonds is 2. The lowest BCUT2D eigenvalue weighted by molar-refractivity contribution is -0.115. The summed E-state index contributed by atoms with van der Waals surface area (Å²) in [5, 5.41) is 12.6. The number of amides is 1. The molecule has 20 heavy (non-hydrogen) atoms. The van der Waals surface area contributed by atoms with Crippen molar-refractivity contribution in [2.75, 3.05) is 5.32 Å². The summed E-state index contributed by atoms with van der Waals surface area (Å²) in [7, 11) is 0. The minimum Gasteiger partial charge on any atom is -0.384 e. The summed E-state index contributed by atoms with van der Waals surface area (Å²) in [6.45, 7) is 0. The van der Waals surface area contributed by atoms with E-state index in [9.17, 15) is 18.7 Å². The number of fused-ring (bicyclic) bond motifs is 1. The second kappa shape index (κ2) is 4.68. The van der Waals surface area contributed by atoms with Gasteiger partial charge in [0.2, 0.25) is 5.91 Å². The number of nitrogens with one attached hydrogen (secondary N) is 1. The van der Waals surface area contributed by atoms with Crippen molar-refractivity contribution >= 4 is 11.6 Å². The van der Waals surface area contributed by atoms with E-state index in [1.807, 2.05) is 0 Å². The molecular formula is C15H11F2NO2. The van der Waals surface area contributed by atoms with Gasteiger partial charge in [-0.25, -0.2) is 8.78 Å². The molecule has 2 aromatic carbocycles. The molecule has 5 heteroatoms. The Bertz CT molecular complexity index is 683. The second-order valence-electron chi connectivity index (χ2n) is 4.72. The molecule has 1 amide bonds. The SMILES string of the molecule is O=C1Cc2cc(C(O)c3ccc(F)cc3)cc(F)c2N1. The molecule has 3 rings (SSSR count). The Labute approximate surface area is 113 Å². The number of halogens is 2. The van der Waals surface area contributed by atoms with Gasteiger partial charge in [-0.05, 0) is 34.9 Å². The third kappa shape index (κ3) is 2.16. The van der Waals surface area contributed by atoms with E-state index < -0.39 is 17.7 Å². The fourth-order valence-corrected chi connectivity index (χ4v) is 2.32. The van der Waals surface area contributed by atoms with Crippen molar-refractivity contribution in [3.63, 3.8) is 0 Å². The van der Waals surface area contributed by atoms with Crippen LogP contribution >= 0.6 is 0 Å². The molecule has 102 valence electrons. The summed E-state index contributed by atoms with van der Waals surface area (Å²) in [4.78, 5) is 11.3. The van der Waals surface area contributed by atoms with Crippen molar-refractivity contribution < 1.29 is 18.7 Å². The van der Waals surface area contributed by atoms with Crippen molar-refractivity contribution in [1.29, 1.82) is 0 Å². The van der Waals surface area contributed by atoms with E-state index in [-0.39, 0.29) is 18.0 Å². The minimum absolute atomic E-state index is 0.0935. The van der Waals surface area contributed by atoms with Gasteiger partial charge in [0.1, 0.15) is 17.7 Å². The number of carbonyl (C=O) groups excluding carboxylic acids is 1. The zero-order chi connectivity index (χ0) is 14.3. The van der Waals surface area contributed by atoms with Crippen molar-refractivity contribution in [2.45, 2.75) is 12.5 Å². The zero-order valence-corrected chi connectivity index (χ0v) is 10.4. The Kier molecular flexibility index (Phi) is 2.99. The van der Waals surface area contributed by atoms with Gasteiger partial charge in [0.25, 0.3) is 0 Å². The number of hydrogen-bond acceptors (Lipinski definition) is 2. The van der Waals surface area contributed by atoms with Crippen molar-refractivity contribution in [3.8, 4) is 0 Å². The summed E-state index contributed by atoms with van der Waals surface area (Å²) in [6.07, 6.45) is -0.970. The standard InChI is InChI=1S/C15H11F2NO2/c16-11-3-1-8(2-4-11)15(20)10-5-9-7-13(19)18-14(9)12(17)6-10/h1-6,15,20H,7H2,(H,18,19). The van der Waals surface area contributed by atoms with Crippen molar-refractivity contribution in [3.05, 3.63) is 64.7 Å². The first kappa shape index (κ1) is 12.7. The number of benzene rings is 2. The van der Waals surface area contributed by atoms with Gasteiger partial charge in [0, 0.05) is 0 Å². The Morgan fingerprint density at radius 1 is 1.10 bits per heavy atom. The molecule has 0 radical (unpaired) electrons. The lowest BCUT2D eigenvalue weighted by atomic mass is 9.98. The molecule has 1 aliphatic heterocycles. The van der Waals surface area contributed by atoms with Gasteiger partial charge in [-0.1, -0.05) is 18.2 Å². The monoisotopic (exact) mass is 275 g/mol. The molecular weight excluding hydrogens is 264 g/mol. The normalized spacial score (nSPS) is 14.8. The summed E-state index contributed by atoms with van der Waals surface area (Å²) in [5.74, 6) is -1.26. The van der Waals surface area contributed by atoms with E-state index in [1.54, 1.807) is 6.07 Å². The maximum absolute atomic E-state index is 13.9. The highest BCUT2D eigenvalue weighted by atomic mass is 19.1. The van der Waals surface area contributed by atoms with Crippen LogP contribution in [-0.4, -0.2) is 11.0 Å². The smallest absolute Gasteiger partial charge is 0.228 e. The molecule has 0 saturated heterocycles. The van der Waals surface area contributed by atoms with Crippen LogP contribution in [0.4, 0.5) is 14.5 Å². The highest BCUT2D eigenvalue weighted by Gasteiger charge is 2.24. The number of aliphatic hydroxyl groups excluding tert-OH is 1. The quantitative estimate of drug-likeness (QED) is 0.885. The molecule has 0 spiro atoms. The Morgan fingerprint density at radius 2 is 1.80 bits per heavy atom. The largest absolute Gasteiger partial charge is 0.384 e. The van der Waals surface area contributed by atoms with Gasteiger partial charge >= 0.3 is 0 Å². The first-order chi connectivity index (χ1) is 9.54. The molecule has 1 aliphatic rings. The average molecular weight is 275 g/mol.